The number of nitrogens with zero attached hydrogens (tertiary/aromatic N) is 5. The van der Waals surface area contributed by atoms with Crippen molar-refractivity contribution in [1.29, 1.82) is 0 Å². The molecule has 2 aromatic heterocycles. The van der Waals surface area contributed by atoms with Gasteiger partial charge >= 0.3 is 0 Å². The molecule has 0 fully saturated rings. The summed E-state index contributed by atoms with van der Waals surface area (Å²) in [6.07, 6.45) is 0.951. The van der Waals surface area contributed by atoms with Crippen molar-refractivity contribution < 1.29 is 9.59 Å². The van der Waals surface area contributed by atoms with E-state index >= 15 is 0 Å². The number of rotatable bonds is 11. The fraction of sp³-hybridized carbons (Fsp3) is 0.206. The van der Waals surface area contributed by atoms with E-state index in [-0.39, 0.29) is 36.6 Å². The van der Waals surface area contributed by atoms with Crippen molar-refractivity contribution in [2.45, 2.75) is 44.1 Å². The number of hydrogen-bond acceptors (Lipinski definition) is 7. The molecule has 1 aliphatic heterocycles. The summed E-state index contributed by atoms with van der Waals surface area (Å²) in [5.41, 5.74) is 5.17. The van der Waals surface area contributed by atoms with E-state index in [1.807, 2.05) is 82.7 Å². The normalized spacial score (nSPS) is 14.4. The SMILES string of the molecule is Cc1ccc([C@H]2CC(c3cccs3)=NN2C(=O)CSc2nnc(CNC(=O)Cc3ccccc3)n2Cc2ccccc2)cc1. The average molecular weight is 621 g/mol. The Balaban J connectivity index is 1.19. The molecule has 44 heavy (non-hydrogen) atoms. The molecule has 0 aliphatic carbocycles. The van der Waals surface area contributed by atoms with Gasteiger partial charge in [-0.25, -0.2) is 5.01 Å². The smallest absolute Gasteiger partial charge is 0.253 e. The molecule has 3 aromatic carbocycles. The summed E-state index contributed by atoms with van der Waals surface area (Å²) in [6.45, 7) is 2.81. The maximum absolute atomic E-state index is 13.7. The number of aryl methyl sites for hydroxylation is 1. The largest absolute Gasteiger partial charge is 0.349 e. The molecule has 1 aliphatic rings. The summed E-state index contributed by atoms with van der Waals surface area (Å²) < 4.78 is 1.97. The number of thiophene rings is 1. The van der Waals surface area contributed by atoms with Crippen molar-refractivity contribution in [3.05, 3.63) is 135 Å². The summed E-state index contributed by atoms with van der Waals surface area (Å²) in [7, 11) is 0. The van der Waals surface area contributed by atoms with Crippen LogP contribution in [0.15, 0.2) is 113 Å². The highest BCUT2D eigenvalue weighted by Gasteiger charge is 2.33. The van der Waals surface area contributed by atoms with Gasteiger partial charge in [0.1, 0.15) is 0 Å². The topological polar surface area (TPSA) is 92.5 Å². The summed E-state index contributed by atoms with van der Waals surface area (Å²) in [5, 5.41) is 20.9. The van der Waals surface area contributed by atoms with E-state index in [0.717, 1.165) is 27.3 Å². The minimum absolute atomic E-state index is 0.0922. The molecule has 3 heterocycles. The van der Waals surface area contributed by atoms with Crippen molar-refractivity contribution in [3.63, 3.8) is 0 Å². The summed E-state index contributed by atoms with van der Waals surface area (Å²) in [5.74, 6) is 0.586. The van der Waals surface area contributed by atoms with E-state index in [4.69, 9.17) is 5.10 Å². The van der Waals surface area contributed by atoms with Crippen molar-refractivity contribution in [1.82, 2.24) is 25.1 Å². The van der Waals surface area contributed by atoms with Gasteiger partial charge in [0, 0.05) is 6.42 Å². The molecule has 0 bridgehead atoms. The van der Waals surface area contributed by atoms with Crippen LogP contribution < -0.4 is 5.32 Å². The number of thioether (sulfide) groups is 1. The second-order valence-corrected chi connectivity index (χ2v) is 12.5. The third-order valence-corrected chi connectivity index (χ3v) is 9.26. The van der Waals surface area contributed by atoms with Gasteiger partial charge in [-0.2, -0.15) is 5.10 Å². The monoisotopic (exact) mass is 620 g/mol. The van der Waals surface area contributed by atoms with Crippen molar-refractivity contribution >= 4 is 40.6 Å². The van der Waals surface area contributed by atoms with Gasteiger partial charge in [-0.3, -0.25) is 9.59 Å². The van der Waals surface area contributed by atoms with Crippen LogP contribution in [0.2, 0.25) is 0 Å². The van der Waals surface area contributed by atoms with Gasteiger partial charge in [0.15, 0.2) is 11.0 Å². The van der Waals surface area contributed by atoms with E-state index in [1.165, 1.54) is 17.3 Å². The predicted octanol–water partition coefficient (Wildman–Crippen LogP) is 6.03. The Hall–Kier alpha value is -4.54. The number of carbonyl (C=O) groups excluding carboxylic acids is 2. The predicted molar refractivity (Wildman–Crippen MR) is 175 cm³/mol. The molecule has 0 radical (unpaired) electrons. The minimum Gasteiger partial charge on any atom is -0.349 e. The second-order valence-electron chi connectivity index (χ2n) is 10.6. The molecule has 0 saturated heterocycles. The summed E-state index contributed by atoms with van der Waals surface area (Å²) in [4.78, 5) is 27.5. The third kappa shape index (κ3) is 7.15. The molecule has 2 amide bonds. The van der Waals surface area contributed by atoms with E-state index in [1.54, 1.807) is 16.3 Å². The molecule has 222 valence electrons. The third-order valence-electron chi connectivity index (χ3n) is 7.39. The van der Waals surface area contributed by atoms with Gasteiger partial charge in [0.05, 0.1) is 41.9 Å². The molecule has 8 nitrogen and oxygen atoms in total. The highest BCUT2D eigenvalue weighted by Crippen LogP contribution is 2.35. The van der Waals surface area contributed by atoms with Crippen LogP contribution in [0, 0.1) is 6.92 Å². The van der Waals surface area contributed by atoms with Crippen molar-refractivity contribution in [2.24, 2.45) is 5.10 Å². The first kappa shape index (κ1) is 29.5. The number of hydrogen-bond donors (Lipinski definition) is 1. The number of aromatic nitrogens is 3. The van der Waals surface area contributed by atoms with Gasteiger partial charge in [-0.1, -0.05) is 108 Å². The maximum atomic E-state index is 13.7. The zero-order chi connectivity index (χ0) is 30.3. The van der Waals surface area contributed by atoms with Gasteiger partial charge in [0.25, 0.3) is 5.91 Å². The summed E-state index contributed by atoms with van der Waals surface area (Å²) >= 11 is 2.97. The first-order valence-electron chi connectivity index (χ1n) is 14.4. The Morgan fingerprint density at radius 1 is 0.909 bits per heavy atom. The molecule has 6 rings (SSSR count). The van der Waals surface area contributed by atoms with Crippen LogP contribution in [0.4, 0.5) is 0 Å². The number of carbonyl (C=O) groups is 2. The first-order valence-corrected chi connectivity index (χ1v) is 16.3. The molecule has 1 atom stereocenters. The second kappa shape index (κ2) is 13.8. The van der Waals surface area contributed by atoms with Gasteiger partial charge in [-0.15, -0.1) is 21.5 Å². The Labute approximate surface area is 264 Å². The lowest BCUT2D eigenvalue weighted by atomic mass is 10.00. The molecule has 1 N–H and O–H groups in total. The van der Waals surface area contributed by atoms with Crippen molar-refractivity contribution in [2.75, 3.05) is 5.75 Å². The van der Waals surface area contributed by atoms with E-state index in [2.05, 4.69) is 46.7 Å². The van der Waals surface area contributed by atoms with Crippen LogP contribution in [0.1, 0.15) is 45.4 Å². The fourth-order valence-corrected chi connectivity index (χ4v) is 6.61. The Morgan fingerprint density at radius 2 is 1.64 bits per heavy atom. The van der Waals surface area contributed by atoms with Crippen LogP contribution >= 0.6 is 23.1 Å². The molecule has 0 saturated carbocycles. The maximum Gasteiger partial charge on any atom is 0.253 e. The van der Waals surface area contributed by atoms with E-state index < -0.39 is 0 Å². The number of nitrogens with one attached hydrogen (secondary N) is 1. The van der Waals surface area contributed by atoms with Gasteiger partial charge < -0.3 is 9.88 Å². The lowest BCUT2D eigenvalue weighted by molar-refractivity contribution is -0.130. The van der Waals surface area contributed by atoms with Crippen LogP contribution in [0.25, 0.3) is 0 Å². The Morgan fingerprint density at radius 3 is 2.34 bits per heavy atom. The highest BCUT2D eigenvalue weighted by molar-refractivity contribution is 7.99. The lowest BCUT2D eigenvalue weighted by Crippen LogP contribution is -2.29. The lowest BCUT2D eigenvalue weighted by Gasteiger charge is -2.22. The minimum atomic E-state index is -0.168. The van der Waals surface area contributed by atoms with Crippen LogP contribution in [-0.4, -0.2) is 43.1 Å². The highest BCUT2D eigenvalue weighted by atomic mass is 32.2. The van der Waals surface area contributed by atoms with E-state index in [9.17, 15) is 9.59 Å². The zero-order valence-electron chi connectivity index (χ0n) is 24.3. The molecule has 0 spiro atoms. The van der Waals surface area contributed by atoms with Crippen LogP contribution in [0.3, 0.4) is 0 Å². The van der Waals surface area contributed by atoms with Gasteiger partial charge in [-0.05, 0) is 35.1 Å². The molecular formula is C34H32N6O2S2. The number of hydrazone groups is 1. The Kier molecular flexibility index (Phi) is 9.28. The van der Waals surface area contributed by atoms with Gasteiger partial charge in [0.2, 0.25) is 5.91 Å². The van der Waals surface area contributed by atoms with Crippen molar-refractivity contribution in [3.8, 4) is 0 Å². The molecule has 10 heteroatoms. The summed E-state index contributed by atoms with van der Waals surface area (Å²) in [6, 6.07) is 31.8. The first-order chi connectivity index (χ1) is 21.5. The molecule has 5 aromatic rings. The fourth-order valence-electron chi connectivity index (χ4n) is 5.08. The zero-order valence-corrected chi connectivity index (χ0v) is 25.9. The Bertz CT molecular complexity index is 1740. The molecular weight excluding hydrogens is 589 g/mol. The average Bonchev–Trinajstić information content (AvgIpc) is 3.81. The van der Waals surface area contributed by atoms with Crippen LogP contribution in [0.5, 0.6) is 0 Å². The van der Waals surface area contributed by atoms with Crippen LogP contribution in [-0.2, 0) is 29.1 Å². The number of benzene rings is 3. The quantitative estimate of drug-likeness (QED) is 0.182. The number of amides is 2. The molecule has 0 unspecified atom stereocenters. The standard InChI is InChI=1S/C34H32N6O2S2/c1-24-14-16-27(17-15-24)29-20-28(30-13-8-18-43-30)38-40(29)33(42)23-44-34-37-36-31(39(34)22-26-11-6-3-7-12-26)21-35-32(41)19-25-9-4-2-5-10-25/h2-18,29H,19-23H2,1H3,(H,35,41)/t29-/m1/s1. The van der Waals surface area contributed by atoms with E-state index in [0.29, 0.717) is 23.9 Å².